The average Bonchev–Trinajstić information content (AvgIpc) is 2.74. The Morgan fingerprint density at radius 2 is 1.39 bits per heavy atom. The van der Waals surface area contributed by atoms with E-state index in [0.717, 1.165) is 18.4 Å². The van der Waals surface area contributed by atoms with Crippen molar-refractivity contribution in [3.05, 3.63) is 83.4 Å². The maximum atomic E-state index is 10.2. The number of phenolic OH excluding ortho intramolecular Hbond substituents is 2. The largest absolute Gasteiger partial charge is 0.508 e. The lowest BCUT2D eigenvalue weighted by Gasteiger charge is -2.06. The van der Waals surface area contributed by atoms with Crippen molar-refractivity contribution in [3.63, 3.8) is 0 Å². The van der Waals surface area contributed by atoms with Crippen LogP contribution < -0.4 is 9.47 Å². The number of aryl methyl sites for hydroxylation is 2. The van der Waals surface area contributed by atoms with Crippen LogP contribution in [-0.2, 0) is 12.8 Å². The molecule has 0 unspecified atom stereocenters. The third kappa shape index (κ3) is 6.06. The maximum absolute atomic E-state index is 10.2. The molecule has 0 spiro atoms. The fraction of sp³-hybridized carbons (Fsp3) is 0.174. The van der Waals surface area contributed by atoms with E-state index in [-0.39, 0.29) is 11.3 Å². The highest BCUT2D eigenvalue weighted by Gasteiger charge is 2.03. The number of carbonyl (C=O) groups is 1. The van der Waals surface area contributed by atoms with Crippen LogP contribution in [0.3, 0.4) is 0 Å². The molecule has 5 nitrogen and oxygen atoms in total. The van der Waals surface area contributed by atoms with Crippen molar-refractivity contribution < 1.29 is 24.5 Å². The molecule has 0 aromatic heterocycles. The molecule has 28 heavy (non-hydrogen) atoms. The molecule has 0 atom stereocenters. The molecule has 0 aliphatic carbocycles. The van der Waals surface area contributed by atoms with Crippen LogP contribution in [0.15, 0.2) is 66.7 Å². The highest BCUT2D eigenvalue weighted by Crippen LogP contribution is 2.24. The predicted molar refractivity (Wildman–Crippen MR) is 109 cm³/mol. The van der Waals surface area contributed by atoms with Gasteiger partial charge in [0.15, 0.2) is 6.29 Å². The fourth-order valence-electron chi connectivity index (χ4n) is 2.56. The Hall–Kier alpha value is -3.47. The monoisotopic (exact) mass is 380 g/mol. The lowest BCUT2D eigenvalue weighted by molar-refractivity contribution is 0.112. The van der Waals surface area contributed by atoms with E-state index in [1.165, 1.54) is 24.8 Å². The molecule has 0 aliphatic heterocycles. The van der Waals surface area contributed by atoms with Gasteiger partial charge in [0.25, 0.3) is 0 Å². The molecule has 146 valence electrons. The molecule has 2 N–H and O–H groups in total. The smallest absolute Gasteiger partial charge is 0.153 e. The second-order valence-corrected chi connectivity index (χ2v) is 6.02. The summed E-state index contributed by atoms with van der Waals surface area (Å²) in [4.78, 5) is 10.2. The van der Waals surface area contributed by atoms with E-state index >= 15 is 0 Å². The van der Waals surface area contributed by atoms with Crippen LogP contribution in [0, 0.1) is 0 Å². The Balaban J connectivity index is 0.000000221. The topological polar surface area (TPSA) is 76.0 Å². The molecule has 3 rings (SSSR count). The number of hydrogen-bond acceptors (Lipinski definition) is 5. The minimum absolute atomic E-state index is 0.0562. The third-order valence-electron chi connectivity index (χ3n) is 4.18. The van der Waals surface area contributed by atoms with Crippen LogP contribution in [0.2, 0.25) is 0 Å². The molecule has 0 bridgehead atoms. The van der Waals surface area contributed by atoms with Crippen LogP contribution in [0.25, 0.3) is 0 Å². The van der Waals surface area contributed by atoms with Gasteiger partial charge in [0.2, 0.25) is 0 Å². The van der Waals surface area contributed by atoms with Gasteiger partial charge in [-0.1, -0.05) is 36.4 Å². The van der Waals surface area contributed by atoms with E-state index in [1.54, 1.807) is 19.2 Å². The number of methoxy groups -OCH3 is 2. The van der Waals surface area contributed by atoms with Crippen LogP contribution in [0.4, 0.5) is 0 Å². The summed E-state index contributed by atoms with van der Waals surface area (Å²) >= 11 is 0. The third-order valence-corrected chi connectivity index (χ3v) is 4.18. The number of carbonyl (C=O) groups excluding carboxylic acids is 1. The summed E-state index contributed by atoms with van der Waals surface area (Å²) in [7, 11) is 3.09. The van der Waals surface area contributed by atoms with E-state index in [2.05, 4.69) is 12.1 Å². The molecule has 0 radical (unpaired) electrons. The van der Waals surface area contributed by atoms with Gasteiger partial charge < -0.3 is 19.7 Å². The maximum Gasteiger partial charge on any atom is 0.153 e. The van der Waals surface area contributed by atoms with Crippen LogP contribution in [-0.4, -0.2) is 30.7 Å². The first-order chi connectivity index (χ1) is 13.6. The Morgan fingerprint density at radius 1 is 0.786 bits per heavy atom. The minimum atomic E-state index is -0.0562. The molecule has 0 heterocycles. The summed E-state index contributed by atoms with van der Waals surface area (Å²) in [6.07, 6.45) is 2.36. The Morgan fingerprint density at radius 3 is 1.93 bits per heavy atom. The number of rotatable bonds is 6. The van der Waals surface area contributed by atoms with Gasteiger partial charge in [0.05, 0.1) is 19.8 Å². The predicted octanol–water partition coefficient (Wildman–Crippen LogP) is 4.40. The first-order valence-corrected chi connectivity index (χ1v) is 8.79. The summed E-state index contributed by atoms with van der Waals surface area (Å²) in [5, 5.41) is 18.9. The fourth-order valence-corrected chi connectivity index (χ4v) is 2.56. The van der Waals surface area contributed by atoms with Gasteiger partial charge in [-0.15, -0.1) is 0 Å². The molecule has 3 aromatic carbocycles. The van der Waals surface area contributed by atoms with E-state index in [1.807, 2.05) is 30.3 Å². The summed E-state index contributed by atoms with van der Waals surface area (Å²) in [6, 6.07) is 20.2. The van der Waals surface area contributed by atoms with E-state index in [9.17, 15) is 9.90 Å². The molecular formula is C23H24O5. The van der Waals surface area contributed by atoms with Gasteiger partial charge in [-0.2, -0.15) is 0 Å². The highest BCUT2D eigenvalue weighted by atomic mass is 16.5. The number of hydrogen-bond donors (Lipinski definition) is 2. The van der Waals surface area contributed by atoms with Crippen molar-refractivity contribution in [1.29, 1.82) is 0 Å². The number of phenols is 2. The zero-order chi connectivity index (χ0) is 20.4. The van der Waals surface area contributed by atoms with Crippen molar-refractivity contribution in [2.24, 2.45) is 0 Å². The molecule has 5 heteroatoms. The van der Waals surface area contributed by atoms with E-state index < -0.39 is 0 Å². The van der Waals surface area contributed by atoms with Crippen LogP contribution in [0.1, 0.15) is 21.5 Å². The zero-order valence-corrected chi connectivity index (χ0v) is 16.0. The van der Waals surface area contributed by atoms with Gasteiger partial charge in [0, 0.05) is 12.1 Å². The lowest BCUT2D eigenvalue weighted by Crippen LogP contribution is -1.92. The second-order valence-electron chi connectivity index (χ2n) is 6.02. The highest BCUT2D eigenvalue weighted by molar-refractivity contribution is 5.79. The van der Waals surface area contributed by atoms with Crippen molar-refractivity contribution >= 4 is 6.29 Å². The number of ether oxygens (including phenoxy) is 2. The first-order valence-electron chi connectivity index (χ1n) is 8.79. The summed E-state index contributed by atoms with van der Waals surface area (Å²) in [6.45, 7) is 0. The van der Waals surface area contributed by atoms with Crippen LogP contribution in [0.5, 0.6) is 23.0 Å². The van der Waals surface area contributed by atoms with Gasteiger partial charge in [-0.05, 0) is 42.2 Å². The van der Waals surface area contributed by atoms with Gasteiger partial charge >= 0.3 is 0 Å². The number of aldehydes is 1. The minimum Gasteiger partial charge on any atom is -0.508 e. The van der Waals surface area contributed by atoms with Gasteiger partial charge in [-0.25, -0.2) is 0 Å². The Labute approximate surface area is 164 Å². The quantitative estimate of drug-likeness (QED) is 0.620. The second kappa shape index (κ2) is 10.6. The van der Waals surface area contributed by atoms with Gasteiger partial charge in [0.1, 0.15) is 23.0 Å². The number of benzene rings is 3. The van der Waals surface area contributed by atoms with Crippen molar-refractivity contribution in [2.45, 2.75) is 12.8 Å². The molecular weight excluding hydrogens is 356 g/mol. The molecule has 0 saturated heterocycles. The number of aromatic hydroxyl groups is 2. The molecule has 0 fully saturated rings. The normalized spacial score (nSPS) is 9.79. The summed E-state index contributed by atoms with van der Waals surface area (Å²) in [5.41, 5.74) is 2.50. The van der Waals surface area contributed by atoms with Crippen molar-refractivity contribution in [1.82, 2.24) is 0 Å². The molecule has 0 amide bonds. The standard InChI is InChI=1S/C15H16O2.C8H8O3/c1-17-14-10-9-13(15(16)11-14)8-7-12-5-3-2-4-6-12;1-11-7-3-2-6(5-9)8(10)4-7/h2-6,9-11,16H,7-8H2,1H3;2-5,10H,1H3. The molecule has 0 aliphatic rings. The molecule has 0 saturated carbocycles. The van der Waals surface area contributed by atoms with E-state index in [0.29, 0.717) is 23.5 Å². The zero-order valence-electron chi connectivity index (χ0n) is 16.0. The van der Waals surface area contributed by atoms with Gasteiger partial charge in [-0.3, -0.25) is 4.79 Å². The lowest BCUT2D eigenvalue weighted by atomic mass is 10.0. The summed E-state index contributed by atoms with van der Waals surface area (Å²) < 4.78 is 9.87. The van der Waals surface area contributed by atoms with Crippen LogP contribution >= 0.6 is 0 Å². The molecule has 3 aromatic rings. The first kappa shape index (κ1) is 20.8. The Kier molecular flexibility index (Phi) is 7.91. The SMILES string of the molecule is COc1ccc(C=O)c(O)c1.COc1ccc(CCc2ccccc2)c(O)c1. The van der Waals surface area contributed by atoms with Crippen molar-refractivity contribution in [2.75, 3.05) is 14.2 Å². The average molecular weight is 380 g/mol. The summed E-state index contributed by atoms with van der Waals surface area (Å²) in [5.74, 6) is 1.47. The van der Waals surface area contributed by atoms with Crippen molar-refractivity contribution in [3.8, 4) is 23.0 Å². The Bertz CT molecular complexity index is 891. The van der Waals surface area contributed by atoms with E-state index in [4.69, 9.17) is 14.6 Å².